The molecule has 2 amide bonds. The van der Waals surface area contributed by atoms with Gasteiger partial charge in [-0.2, -0.15) is 0 Å². The van der Waals surface area contributed by atoms with Gasteiger partial charge >= 0.3 is 6.09 Å². The number of hydrogen-bond donors (Lipinski definition) is 2. The van der Waals surface area contributed by atoms with Gasteiger partial charge in [0.25, 0.3) is 5.91 Å². The first-order valence-electron chi connectivity index (χ1n) is 9.35. The predicted molar refractivity (Wildman–Crippen MR) is 123 cm³/mol. The molecule has 0 spiro atoms. The van der Waals surface area contributed by atoms with E-state index < -0.39 is 6.09 Å². The second kappa shape index (κ2) is 8.90. The van der Waals surface area contributed by atoms with Crippen LogP contribution in [-0.4, -0.2) is 12.0 Å². The third-order valence-corrected chi connectivity index (χ3v) is 5.74. The highest BCUT2D eigenvalue weighted by Crippen LogP contribution is 2.44. The number of carbonyl (C=O) groups is 2. The molecule has 7 heteroatoms. The summed E-state index contributed by atoms with van der Waals surface area (Å²) in [6, 6.07) is 14.5. The molecule has 0 aliphatic rings. The van der Waals surface area contributed by atoms with Crippen molar-refractivity contribution >= 4 is 40.6 Å². The molecule has 0 aliphatic carbocycles. The quantitative estimate of drug-likeness (QED) is 0.464. The number of rotatable bonds is 5. The van der Waals surface area contributed by atoms with Crippen LogP contribution in [0.4, 0.5) is 10.5 Å². The van der Waals surface area contributed by atoms with Crippen molar-refractivity contribution in [2.24, 2.45) is 5.73 Å². The van der Waals surface area contributed by atoms with Gasteiger partial charge in [-0.15, -0.1) is 22.9 Å². The van der Waals surface area contributed by atoms with Crippen LogP contribution >= 0.6 is 22.9 Å². The molecule has 3 aromatic rings. The SMILES string of the molecule is CC(C)(C)c1c(-c2cccs2)ccc(OC(N)=O)c1NC(=O)c1ccc(CCl)cc1. The van der Waals surface area contributed by atoms with Crippen molar-refractivity contribution in [2.75, 3.05) is 5.32 Å². The van der Waals surface area contributed by atoms with Gasteiger partial charge in [0.2, 0.25) is 0 Å². The highest BCUT2D eigenvalue weighted by molar-refractivity contribution is 7.13. The average molecular weight is 443 g/mol. The monoisotopic (exact) mass is 442 g/mol. The lowest BCUT2D eigenvalue weighted by molar-refractivity contribution is 0.102. The van der Waals surface area contributed by atoms with Crippen molar-refractivity contribution in [3.8, 4) is 16.2 Å². The molecule has 30 heavy (non-hydrogen) atoms. The summed E-state index contributed by atoms with van der Waals surface area (Å²) in [6.45, 7) is 6.12. The molecule has 0 radical (unpaired) electrons. The Balaban J connectivity index is 2.14. The second-order valence-corrected chi connectivity index (χ2v) is 9.01. The highest BCUT2D eigenvalue weighted by Gasteiger charge is 2.28. The molecule has 1 aromatic heterocycles. The lowest BCUT2D eigenvalue weighted by atomic mass is 9.81. The minimum Gasteiger partial charge on any atom is -0.408 e. The molecule has 0 saturated heterocycles. The third kappa shape index (κ3) is 4.83. The first-order chi connectivity index (χ1) is 14.2. The van der Waals surface area contributed by atoms with E-state index in [0.717, 1.165) is 21.6 Å². The molecule has 0 fully saturated rings. The summed E-state index contributed by atoms with van der Waals surface area (Å²) < 4.78 is 5.24. The van der Waals surface area contributed by atoms with Crippen LogP contribution in [0, 0.1) is 0 Å². The zero-order valence-corrected chi connectivity index (χ0v) is 18.6. The fourth-order valence-electron chi connectivity index (χ4n) is 3.25. The summed E-state index contributed by atoms with van der Waals surface area (Å²) in [6.07, 6.45) is -0.944. The molecule has 2 aromatic carbocycles. The standard InChI is InChI=1S/C23H23ClN2O3S/c1-23(2,3)19-16(18-5-4-12-30-18)10-11-17(29-22(25)28)20(19)26-21(27)15-8-6-14(13-24)7-9-15/h4-12H,13H2,1-3H3,(H2,25,28)(H,26,27). The number of carbonyl (C=O) groups excluding carboxylic acids is 2. The van der Waals surface area contributed by atoms with Crippen LogP contribution in [0.3, 0.4) is 0 Å². The summed E-state index contributed by atoms with van der Waals surface area (Å²) in [7, 11) is 0. The lowest BCUT2D eigenvalue weighted by Crippen LogP contribution is -2.23. The normalized spacial score (nSPS) is 11.2. The number of halogens is 1. The Morgan fingerprint density at radius 2 is 1.80 bits per heavy atom. The minimum absolute atomic E-state index is 0.207. The molecule has 0 aliphatic heterocycles. The summed E-state index contributed by atoms with van der Waals surface area (Å²) >= 11 is 7.43. The van der Waals surface area contributed by atoms with E-state index in [1.54, 1.807) is 41.7 Å². The van der Waals surface area contributed by atoms with E-state index in [1.165, 1.54) is 0 Å². The van der Waals surface area contributed by atoms with Crippen LogP contribution in [0.2, 0.25) is 0 Å². The molecule has 0 bridgehead atoms. The third-order valence-electron chi connectivity index (χ3n) is 4.52. The summed E-state index contributed by atoms with van der Waals surface area (Å²) in [5.41, 5.74) is 8.55. The van der Waals surface area contributed by atoms with Crippen molar-refractivity contribution in [2.45, 2.75) is 32.1 Å². The summed E-state index contributed by atoms with van der Waals surface area (Å²) in [4.78, 5) is 25.6. The lowest BCUT2D eigenvalue weighted by Gasteiger charge is -2.27. The number of primary amides is 1. The van der Waals surface area contributed by atoms with E-state index in [0.29, 0.717) is 17.1 Å². The number of benzene rings is 2. The van der Waals surface area contributed by atoms with Crippen molar-refractivity contribution in [1.29, 1.82) is 0 Å². The number of thiophene rings is 1. The fourth-order valence-corrected chi connectivity index (χ4v) is 4.18. The van der Waals surface area contributed by atoms with E-state index >= 15 is 0 Å². The van der Waals surface area contributed by atoms with Gasteiger partial charge in [0.05, 0.1) is 5.69 Å². The van der Waals surface area contributed by atoms with E-state index in [-0.39, 0.29) is 17.1 Å². The highest BCUT2D eigenvalue weighted by atomic mass is 35.5. The van der Waals surface area contributed by atoms with Crippen LogP contribution in [0.5, 0.6) is 5.75 Å². The van der Waals surface area contributed by atoms with Crippen LogP contribution in [0.25, 0.3) is 10.4 Å². The number of nitrogens with two attached hydrogens (primary N) is 1. The van der Waals surface area contributed by atoms with Gasteiger partial charge in [0.1, 0.15) is 0 Å². The largest absolute Gasteiger partial charge is 0.410 e. The predicted octanol–water partition coefficient (Wildman–Crippen LogP) is 6.16. The van der Waals surface area contributed by atoms with Crippen LogP contribution in [0.15, 0.2) is 53.9 Å². The van der Waals surface area contributed by atoms with E-state index in [1.807, 2.05) is 44.4 Å². The zero-order valence-electron chi connectivity index (χ0n) is 17.0. The summed E-state index contributed by atoms with van der Waals surface area (Å²) in [5.74, 6) is 0.257. The Hall–Kier alpha value is -2.83. The molecule has 0 unspecified atom stereocenters. The van der Waals surface area contributed by atoms with Gasteiger partial charge in [0, 0.05) is 16.3 Å². The van der Waals surface area contributed by atoms with E-state index in [9.17, 15) is 9.59 Å². The molecule has 156 valence electrons. The molecule has 0 saturated carbocycles. The van der Waals surface area contributed by atoms with E-state index in [4.69, 9.17) is 22.1 Å². The first kappa shape index (κ1) is 21.9. The number of anilines is 1. The first-order valence-corrected chi connectivity index (χ1v) is 10.8. The maximum absolute atomic E-state index is 13.0. The Labute approximate surface area is 184 Å². The Morgan fingerprint density at radius 1 is 1.10 bits per heavy atom. The van der Waals surface area contributed by atoms with Crippen LogP contribution in [-0.2, 0) is 11.3 Å². The van der Waals surface area contributed by atoms with Gasteiger partial charge < -0.3 is 15.8 Å². The fraction of sp³-hybridized carbons (Fsp3) is 0.217. The maximum atomic E-state index is 13.0. The van der Waals surface area contributed by atoms with Crippen molar-refractivity contribution in [3.63, 3.8) is 0 Å². The molecule has 5 nitrogen and oxygen atoms in total. The van der Waals surface area contributed by atoms with Gasteiger partial charge in [-0.25, -0.2) is 4.79 Å². The Kier molecular flexibility index (Phi) is 6.48. The van der Waals surface area contributed by atoms with Crippen molar-refractivity contribution < 1.29 is 14.3 Å². The Bertz CT molecular complexity index is 1060. The average Bonchev–Trinajstić information content (AvgIpc) is 3.22. The molecule has 0 atom stereocenters. The number of ether oxygens (including phenoxy) is 1. The molecule has 3 N–H and O–H groups in total. The van der Waals surface area contributed by atoms with Gasteiger partial charge in [-0.05, 0) is 57.8 Å². The van der Waals surface area contributed by atoms with Gasteiger partial charge in [0.15, 0.2) is 5.75 Å². The van der Waals surface area contributed by atoms with Gasteiger partial charge in [-0.3, -0.25) is 4.79 Å². The summed E-state index contributed by atoms with van der Waals surface area (Å²) in [5, 5.41) is 4.94. The smallest absolute Gasteiger partial charge is 0.408 e. The van der Waals surface area contributed by atoms with E-state index in [2.05, 4.69) is 5.32 Å². The molecular formula is C23H23ClN2O3S. The van der Waals surface area contributed by atoms with Crippen molar-refractivity contribution in [1.82, 2.24) is 0 Å². The molecule has 1 heterocycles. The number of alkyl halides is 1. The molecule has 3 rings (SSSR count). The maximum Gasteiger partial charge on any atom is 0.410 e. The number of amides is 2. The van der Waals surface area contributed by atoms with Crippen LogP contribution < -0.4 is 15.8 Å². The zero-order chi connectivity index (χ0) is 21.9. The van der Waals surface area contributed by atoms with Crippen molar-refractivity contribution in [3.05, 3.63) is 70.6 Å². The minimum atomic E-state index is -0.944. The second-order valence-electron chi connectivity index (χ2n) is 7.79. The van der Waals surface area contributed by atoms with Crippen LogP contribution in [0.1, 0.15) is 42.3 Å². The number of nitrogens with one attached hydrogen (secondary N) is 1. The topological polar surface area (TPSA) is 81.4 Å². The Morgan fingerprint density at radius 3 is 2.33 bits per heavy atom. The van der Waals surface area contributed by atoms with Gasteiger partial charge in [-0.1, -0.05) is 39.0 Å². The number of hydrogen-bond acceptors (Lipinski definition) is 4. The molecular weight excluding hydrogens is 420 g/mol.